The summed E-state index contributed by atoms with van der Waals surface area (Å²) in [5, 5.41) is 3.65. The Kier molecular flexibility index (Phi) is 6.85. The van der Waals surface area contributed by atoms with Crippen molar-refractivity contribution in [3.8, 4) is 34.4 Å². The topological polar surface area (TPSA) is 101 Å². The SMILES string of the molecule is COc1cc(-c2cc3ncccc3c(OCC3CNC(=O)C3)n2)cc(OC)c1OC1CCOCC1. The molecular weight excluding hydrogens is 450 g/mol. The predicted molar refractivity (Wildman–Crippen MR) is 129 cm³/mol. The number of nitrogens with zero attached hydrogens (tertiary/aromatic N) is 2. The maximum atomic E-state index is 11.6. The molecule has 0 saturated carbocycles. The molecule has 1 N–H and O–H groups in total. The summed E-state index contributed by atoms with van der Waals surface area (Å²) in [5.74, 6) is 2.33. The summed E-state index contributed by atoms with van der Waals surface area (Å²) in [4.78, 5) is 20.9. The number of aromatic nitrogens is 2. The summed E-state index contributed by atoms with van der Waals surface area (Å²) in [7, 11) is 3.21. The minimum Gasteiger partial charge on any atom is -0.493 e. The zero-order chi connectivity index (χ0) is 24.2. The van der Waals surface area contributed by atoms with Gasteiger partial charge in [-0.15, -0.1) is 0 Å². The number of fused-ring (bicyclic) bond motifs is 1. The first-order valence-electron chi connectivity index (χ1n) is 11.8. The number of rotatable bonds is 8. The Morgan fingerprint density at radius 2 is 1.89 bits per heavy atom. The summed E-state index contributed by atoms with van der Waals surface area (Å²) in [6.07, 6.45) is 3.86. The lowest BCUT2D eigenvalue weighted by Gasteiger charge is -2.25. The normalized spacial score (nSPS) is 18.3. The largest absolute Gasteiger partial charge is 0.493 e. The van der Waals surface area contributed by atoms with Crippen LogP contribution in [0.15, 0.2) is 36.5 Å². The number of nitrogens with one attached hydrogen (secondary N) is 1. The second-order valence-electron chi connectivity index (χ2n) is 8.71. The van der Waals surface area contributed by atoms with Crippen LogP contribution in [-0.4, -0.2) is 62.6 Å². The van der Waals surface area contributed by atoms with Crippen molar-refractivity contribution in [2.75, 3.05) is 40.6 Å². The highest BCUT2D eigenvalue weighted by molar-refractivity contribution is 5.87. The van der Waals surface area contributed by atoms with E-state index in [0.717, 1.165) is 29.3 Å². The van der Waals surface area contributed by atoms with Gasteiger partial charge in [0.2, 0.25) is 17.5 Å². The molecule has 1 atom stereocenters. The van der Waals surface area contributed by atoms with E-state index in [1.807, 2.05) is 30.3 Å². The van der Waals surface area contributed by atoms with Crippen LogP contribution in [0.4, 0.5) is 0 Å². The molecular formula is C26H29N3O6. The minimum atomic E-state index is 0.0392. The van der Waals surface area contributed by atoms with Gasteiger partial charge in [-0.2, -0.15) is 0 Å². The standard InChI is InChI=1S/C26H29N3O6/c1-31-22-11-17(12-23(32-2)25(22)35-18-5-8-33-9-6-18)20-13-21-19(4-3-7-27-21)26(29-20)34-15-16-10-24(30)28-14-16/h3-4,7,11-13,16,18H,5-6,8-10,14-15H2,1-2H3,(H,28,30). The maximum Gasteiger partial charge on any atom is 0.223 e. The molecule has 2 saturated heterocycles. The molecule has 184 valence electrons. The Balaban J connectivity index is 1.49. The monoisotopic (exact) mass is 479 g/mol. The van der Waals surface area contributed by atoms with E-state index in [9.17, 15) is 4.79 Å². The van der Waals surface area contributed by atoms with Crippen molar-refractivity contribution in [2.45, 2.75) is 25.4 Å². The average molecular weight is 480 g/mol. The van der Waals surface area contributed by atoms with Gasteiger partial charge in [-0.05, 0) is 30.3 Å². The van der Waals surface area contributed by atoms with Crippen molar-refractivity contribution >= 4 is 16.8 Å². The third kappa shape index (κ3) is 5.09. The Bertz CT molecular complexity index is 1190. The zero-order valence-corrected chi connectivity index (χ0v) is 19.9. The van der Waals surface area contributed by atoms with Gasteiger partial charge >= 0.3 is 0 Å². The Morgan fingerprint density at radius 3 is 2.57 bits per heavy atom. The summed E-state index contributed by atoms with van der Waals surface area (Å²) < 4.78 is 29.2. The fourth-order valence-electron chi connectivity index (χ4n) is 4.39. The molecule has 3 aromatic rings. The number of benzene rings is 1. The van der Waals surface area contributed by atoms with E-state index in [1.165, 1.54) is 0 Å². The fraction of sp³-hybridized carbons (Fsp3) is 0.423. The molecule has 2 fully saturated rings. The van der Waals surface area contributed by atoms with Crippen molar-refractivity contribution < 1.29 is 28.5 Å². The van der Waals surface area contributed by atoms with Gasteiger partial charge in [-0.1, -0.05) is 0 Å². The summed E-state index contributed by atoms with van der Waals surface area (Å²) in [6.45, 7) is 2.35. The molecule has 1 aromatic carbocycles. The van der Waals surface area contributed by atoms with Gasteiger partial charge < -0.3 is 29.0 Å². The first-order chi connectivity index (χ1) is 17.1. The smallest absolute Gasteiger partial charge is 0.223 e. The van der Waals surface area contributed by atoms with Crippen LogP contribution in [0, 0.1) is 5.92 Å². The van der Waals surface area contributed by atoms with Gasteiger partial charge in [-0.25, -0.2) is 4.98 Å². The van der Waals surface area contributed by atoms with Crippen LogP contribution in [0.5, 0.6) is 23.1 Å². The number of carbonyl (C=O) groups is 1. The average Bonchev–Trinajstić information content (AvgIpc) is 3.32. The molecule has 0 bridgehead atoms. The van der Waals surface area contributed by atoms with Crippen LogP contribution in [0.3, 0.4) is 0 Å². The van der Waals surface area contributed by atoms with Gasteiger partial charge in [0.1, 0.15) is 6.10 Å². The first-order valence-corrected chi connectivity index (χ1v) is 11.8. The Morgan fingerprint density at radius 1 is 1.11 bits per heavy atom. The second-order valence-corrected chi connectivity index (χ2v) is 8.71. The molecule has 2 aromatic heterocycles. The van der Waals surface area contributed by atoms with E-state index in [4.69, 9.17) is 28.7 Å². The maximum absolute atomic E-state index is 11.6. The van der Waals surface area contributed by atoms with E-state index >= 15 is 0 Å². The lowest BCUT2D eigenvalue weighted by atomic mass is 10.1. The molecule has 0 radical (unpaired) electrons. The van der Waals surface area contributed by atoms with Crippen LogP contribution in [0.2, 0.25) is 0 Å². The fourth-order valence-corrected chi connectivity index (χ4v) is 4.39. The number of methoxy groups -OCH3 is 2. The summed E-state index contributed by atoms with van der Waals surface area (Å²) in [5.41, 5.74) is 2.21. The molecule has 0 spiro atoms. The van der Waals surface area contributed by atoms with Crippen molar-refractivity contribution in [1.29, 1.82) is 0 Å². The van der Waals surface area contributed by atoms with Crippen LogP contribution < -0.4 is 24.3 Å². The highest BCUT2D eigenvalue weighted by Gasteiger charge is 2.24. The van der Waals surface area contributed by atoms with Gasteiger partial charge in [0, 0.05) is 43.5 Å². The van der Waals surface area contributed by atoms with Crippen LogP contribution in [0.1, 0.15) is 19.3 Å². The minimum absolute atomic E-state index is 0.0392. The molecule has 35 heavy (non-hydrogen) atoms. The van der Waals surface area contributed by atoms with Crippen molar-refractivity contribution in [2.24, 2.45) is 5.92 Å². The molecule has 9 nitrogen and oxygen atoms in total. The number of carbonyl (C=O) groups excluding carboxylic acids is 1. The third-order valence-electron chi connectivity index (χ3n) is 6.29. The van der Waals surface area contributed by atoms with E-state index in [0.29, 0.717) is 61.6 Å². The van der Waals surface area contributed by atoms with Crippen LogP contribution >= 0.6 is 0 Å². The Labute approximate surface area is 203 Å². The van der Waals surface area contributed by atoms with Gasteiger partial charge in [0.15, 0.2) is 11.5 Å². The quantitative estimate of drug-likeness (QED) is 0.525. The molecule has 2 aliphatic heterocycles. The molecule has 0 aliphatic carbocycles. The molecule has 2 aliphatic rings. The lowest BCUT2D eigenvalue weighted by molar-refractivity contribution is -0.119. The van der Waals surface area contributed by atoms with E-state index in [2.05, 4.69) is 10.3 Å². The number of amides is 1. The third-order valence-corrected chi connectivity index (χ3v) is 6.29. The summed E-state index contributed by atoms with van der Waals surface area (Å²) in [6, 6.07) is 9.47. The number of hydrogen-bond donors (Lipinski definition) is 1. The number of pyridine rings is 2. The molecule has 5 rings (SSSR count). The molecule has 4 heterocycles. The molecule has 1 amide bonds. The van der Waals surface area contributed by atoms with E-state index in [-0.39, 0.29) is 17.9 Å². The highest BCUT2D eigenvalue weighted by Crippen LogP contribution is 2.43. The highest BCUT2D eigenvalue weighted by atomic mass is 16.5. The van der Waals surface area contributed by atoms with Gasteiger partial charge in [0.25, 0.3) is 0 Å². The first kappa shape index (κ1) is 23.2. The second kappa shape index (κ2) is 10.4. The zero-order valence-electron chi connectivity index (χ0n) is 19.9. The number of ether oxygens (including phenoxy) is 5. The van der Waals surface area contributed by atoms with Crippen LogP contribution in [-0.2, 0) is 9.53 Å². The lowest BCUT2D eigenvalue weighted by Crippen LogP contribution is -2.26. The Hall–Kier alpha value is -3.59. The van der Waals surface area contributed by atoms with Crippen molar-refractivity contribution in [3.63, 3.8) is 0 Å². The van der Waals surface area contributed by atoms with Crippen LogP contribution in [0.25, 0.3) is 22.2 Å². The van der Waals surface area contributed by atoms with Gasteiger partial charge in [-0.3, -0.25) is 9.78 Å². The van der Waals surface area contributed by atoms with Crippen molar-refractivity contribution in [3.05, 3.63) is 36.5 Å². The van der Waals surface area contributed by atoms with E-state index in [1.54, 1.807) is 20.4 Å². The van der Waals surface area contributed by atoms with Crippen molar-refractivity contribution in [1.82, 2.24) is 15.3 Å². The molecule has 1 unspecified atom stereocenters. The summed E-state index contributed by atoms with van der Waals surface area (Å²) >= 11 is 0. The van der Waals surface area contributed by atoms with E-state index < -0.39 is 0 Å². The number of hydrogen-bond acceptors (Lipinski definition) is 8. The molecule has 9 heteroatoms. The predicted octanol–water partition coefficient (Wildman–Crippen LogP) is 3.39. The van der Waals surface area contributed by atoms with Gasteiger partial charge in [0.05, 0.1) is 50.6 Å².